The second kappa shape index (κ2) is 9.00. The molecule has 0 radical (unpaired) electrons. The van der Waals surface area contributed by atoms with E-state index in [-0.39, 0.29) is 18.2 Å². The summed E-state index contributed by atoms with van der Waals surface area (Å²) in [6.07, 6.45) is 2.80. The highest BCUT2D eigenvalue weighted by atomic mass is 16.5. The van der Waals surface area contributed by atoms with Gasteiger partial charge in [-0.3, -0.25) is 4.90 Å². The second-order valence-corrected chi connectivity index (χ2v) is 9.24. The minimum atomic E-state index is -0.876. The molecule has 0 spiro atoms. The number of methoxy groups -OCH3 is 1. The summed E-state index contributed by atoms with van der Waals surface area (Å²) < 4.78 is 7.31. The first-order chi connectivity index (χ1) is 16.5. The van der Waals surface area contributed by atoms with Crippen molar-refractivity contribution in [1.82, 2.24) is 14.5 Å². The van der Waals surface area contributed by atoms with Crippen LogP contribution in [0.2, 0.25) is 0 Å². The van der Waals surface area contributed by atoms with Crippen LogP contribution in [0.4, 0.5) is 15.3 Å². The molecule has 178 valence electrons. The van der Waals surface area contributed by atoms with Crippen LogP contribution in [0.15, 0.2) is 42.5 Å². The summed E-state index contributed by atoms with van der Waals surface area (Å²) in [5.41, 5.74) is 4.96. The summed E-state index contributed by atoms with van der Waals surface area (Å²) in [5, 5.41) is 9.61. The van der Waals surface area contributed by atoms with Crippen molar-refractivity contribution < 1.29 is 19.4 Å². The van der Waals surface area contributed by atoms with E-state index in [2.05, 4.69) is 16.7 Å². The van der Waals surface area contributed by atoms with Gasteiger partial charge in [-0.15, -0.1) is 0 Å². The molecule has 2 aliphatic rings. The Morgan fingerprint density at radius 1 is 1.15 bits per heavy atom. The van der Waals surface area contributed by atoms with Crippen molar-refractivity contribution in [2.45, 2.75) is 51.1 Å². The third-order valence-corrected chi connectivity index (χ3v) is 7.14. The number of benzene rings is 2. The van der Waals surface area contributed by atoms with Crippen molar-refractivity contribution in [1.29, 1.82) is 0 Å². The molecule has 5 rings (SSSR count). The maximum absolute atomic E-state index is 12.6. The fourth-order valence-electron chi connectivity index (χ4n) is 5.47. The van der Waals surface area contributed by atoms with Gasteiger partial charge in [-0.05, 0) is 50.3 Å². The summed E-state index contributed by atoms with van der Waals surface area (Å²) in [6, 6.07) is 14.3. The molecule has 2 aromatic carbocycles. The largest absolute Gasteiger partial charge is 0.465 e. The monoisotopic (exact) mass is 462 g/mol. The molecule has 0 bridgehead atoms. The number of ether oxygens (including phenoxy) is 1. The van der Waals surface area contributed by atoms with Crippen LogP contribution in [0, 0.1) is 0 Å². The third-order valence-electron chi connectivity index (χ3n) is 7.14. The van der Waals surface area contributed by atoms with Gasteiger partial charge in [-0.1, -0.05) is 30.3 Å². The lowest BCUT2D eigenvalue weighted by atomic mass is 9.95. The number of rotatable bonds is 3. The first-order valence-electron chi connectivity index (χ1n) is 11.9. The van der Waals surface area contributed by atoms with E-state index in [9.17, 15) is 14.7 Å². The zero-order valence-electron chi connectivity index (χ0n) is 19.6. The number of hydrogen-bond acceptors (Lipinski definition) is 4. The molecule has 3 heterocycles. The van der Waals surface area contributed by atoms with Gasteiger partial charge in [0.05, 0.1) is 29.9 Å². The topological polar surface area (TPSA) is 87.9 Å². The minimum Gasteiger partial charge on any atom is -0.465 e. The van der Waals surface area contributed by atoms with Crippen LogP contribution >= 0.6 is 0 Å². The predicted molar refractivity (Wildman–Crippen MR) is 130 cm³/mol. The molecule has 0 saturated carbocycles. The van der Waals surface area contributed by atoms with Crippen LogP contribution in [-0.2, 0) is 17.6 Å². The standard InChI is InChI=1S/C26H30N4O4/c1-17-10-11-20-21(29(17)26(33)34-2)12-13-22-24(20)27-23(15-18-7-4-3-5-8-18)30(22)19-9-6-14-28(16-19)25(31)32/h3-5,7-8,12-13,17,19H,6,9-11,14-16H2,1-2H3,(H,31,32)/t17-,19?/m0/s1. The van der Waals surface area contributed by atoms with Gasteiger partial charge in [0.15, 0.2) is 0 Å². The van der Waals surface area contributed by atoms with Crippen LogP contribution < -0.4 is 4.90 Å². The highest BCUT2D eigenvalue weighted by Gasteiger charge is 2.33. The first kappa shape index (κ1) is 22.3. The number of amides is 2. The Morgan fingerprint density at radius 3 is 2.68 bits per heavy atom. The Hall–Kier alpha value is -3.55. The fraction of sp³-hybridized carbons (Fsp3) is 0.423. The van der Waals surface area contributed by atoms with Crippen LogP contribution in [0.5, 0.6) is 0 Å². The van der Waals surface area contributed by atoms with Crippen molar-refractivity contribution >= 4 is 28.9 Å². The molecule has 8 nitrogen and oxygen atoms in total. The Morgan fingerprint density at radius 2 is 1.94 bits per heavy atom. The summed E-state index contributed by atoms with van der Waals surface area (Å²) in [5.74, 6) is 0.926. The first-order valence-corrected chi connectivity index (χ1v) is 11.9. The van der Waals surface area contributed by atoms with Gasteiger partial charge >= 0.3 is 12.2 Å². The van der Waals surface area contributed by atoms with Gasteiger partial charge in [0, 0.05) is 31.1 Å². The summed E-state index contributed by atoms with van der Waals surface area (Å²) in [4.78, 5) is 32.6. The molecule has 2 atom stereocenters. The normalized spacial score (nSPS) is 20.3. The zero-order valence-corrected chi connectivity index (χ0v) is 19.6. The van der Waals surface area contributed by atoms with Crippen molar-refractivity contribution in [3.05, 3.63) is 59.4 Å². The molecule has 1 N–H and O–H groups in total. The number of imidazole rings is 1. The number of hydrogen-bond donors (Lipinski definition) is 1. The summed E-state index contributed by atoms with van der Waals surface area (Å²) in [6.45, 7) is 3.05. The van der Waals surface area contributed by atoms with Crippen LogP contribution in [0.3, 0.4) is 0 Å². The number of likely N-dealkylation sites (tertiary alicyclic amines) is 1. The fourth-order valence-corrected chi connectivity index (χ4v) is 5.47. The van der Waals surface area contributed by atoms with Gasteiger partial charge in [-0.25, -0.2) is 14.6 Å². The van der Waals surface area contributed by atoms with E-state index in [0.29, 0.717) is 19.5 Å². The molecular formula is C26H30N4O4. The molecule has 2 amide bonds. The molecule has 8 heteroatoms. The number of piperidine rings is 1. The van der Waals surface area contributed by atoms with Gasteiger partial charge in [0.1, 0.15) is 5.82 Å². The molecule has 2 aliphatic heterocycles. The highest BCUT2D eigenvalue weighted by molar-refractivity contribution is 5.95. The van der Waals surface area contributed by atoms with Crippen molar-refractivity contribution in [2.75, 3.05) is 25.1 Å². The Kier molecular flexibility index (Phi) is 5.89. The number of carbonyl (C=O) groups is 2. The van der Waals surface area contributed by atoms with E-state index in [4.69, 9.17) is 9.72 Å². The predicted octanol–water partition coefficient (Wildman–Crippen LogP) is 4.85. The van der Waals surface area contributed by atoms with E-state index >= 15 is 0 Å². The third kappa shape index (κ3) is 3.87. The Balaban J connectivity index is 1.65. The van der Waals surface area contributed by atoms with Gasteiger partial charge in [-0.2, -0.15) is 0 Å². The Labute approximate surface area is 198 Å². The molecule has 1 aromatic heterocycles. The van der Waals surface area contributed by atoms with E-state index in [1.54, 1.807) is 4.90 Å². The second-order valence-electron chi connectivity index (χ2n) is 9.24. The molecule has 34 heavy (non-hydrogen) atoms. The number of aromatic nitrogens is 2. The quantitative estimate of drug-likeness (QED) is 0.601. The van der Waals surface area contributed by atoms with E-state index in [1.165, 1.54) is 12.0 Å². The number of nitrogens with zero attached hydrogens (tertiary/aromatic N) is 4. The lowest BCUT2D eigenvalue weighted by molar-refractivity contribution is 0.122. The lowest BCUT2D eigenvalue weighted by Gasteiger charge is -2.34. The summed E-state index contributed by atoms with van der Waals surface area (Å²) >= 11 is 0. The molecule has 1 saturated heterocycles. The molecule has 1 unspecified atom stereocenters. The molecule has 3 aromatic rings. The average Bonchev–Trinajstić information content (AvgIpc) is 3.22. The van der Waals surface area contributed by atoms with Gasteiger partial charge in [0.2, 0.25) is 0 Å². The maximum Gasteiger partial charge on any atom is 0.414 e. The van der Waals surface area contributed by atoms with Crippen molar-refractivity contribution in [3.63, 3.8) is 0 Å². The summed E-state index contributed by atoms with van der Waals surface area (Å²) in [7, 11) is 1.41. The molecule has 0 aliphatic carbocycles. The lowest BCUT2D eigenvalue weighted by Crippen LogP contribution is -2.42. The number of carbonyl (C=O) groups excluding carboxylic acids is 1. The van der Waals surface area contributed by atoms with E-state index in [1.807, 2.05) is 37.3 Å². The SMILES string of the molecule is COC(=O)N1c2ccc3c(nc(Cc4ccccc4)n3C3CCCN(C(=O)O)C3)c2CC[C@@H]1C. The maximum atomic E-state index is 12.6. The minimum absolute atomic E-state index is 0.0193. The van der Waals surface area contributed by atoms with Crippen LogP contribution in [0.1, 0.15) is 49.2 Å². The zero-order chi connectivity index (χ0) is 23.8. The van der Waals surface area contributed by atoms with Gasteiger partial charge < -0.3 is 19.3 Å². The number of anilines is 1. The average molecular weight is 463 g/mol. The molecule has 1 fully saturated rings. The van der Waals surface area contributed by atoms with Crippen LogP contribution in [0.25, 0.3) is 11.0 Å². The van der Waals surface area contributed by atoms with Crippen molar-refractivity contribution in [2.24, 2.45) is 0 Å². The highest BCUT2D eigenvalue weighted by Crippen LogP contribution is 2.38. The molecular weight excluding hydrogens is 432 g/mol. The number of carboxylic acid groups (broad SMARTS) is 1. The smallest absolute Gasteiger partial charge is 0.414 e. The number of aryl methyl sites for hydroxylation is 1. The Bertz CT molecular complexity index is 1220. The number of fused-ring (bicyclic) bond motifs is 3. The van der Waals surface area contributed by atoms with Crippen molar-refractivity contribution in [3.8, 4) is 0 Å². The van der Waals surface area contributed by atoms with E-state index < -0.39 is 6.09 Å². The van der Waals surface area contributed by atoms with Gasteiger partial charge in [0.25, 0.3) is 0 Å². The van der Waals surface area contributed by atoms with E-state index in [0.717, 1.165) is 59.4 Å². The van der Waals surface area contributed by atoms with Crippen LogP contribution in [-0.4, -0.2) is 58.0 Å².